The summed E-state index contributed by atoms with van der Waals surface area (Å²) in [5.41, 5.74) is 4.31. The average molecular weight is 644 g/mol. The third kappa shape index (κ3) is 4.00. The zero-order valence-corrected chi connectivity index (χ0v) is 27.3. The fourth-order valence-electron chi connectivity index (χ4n) is 8.68. The molecule has 6 heteroatoms. The maximum Gasteiger partial charge on any atom is 0.337 e. The van der Waals surface area contributed by atoms with Crippen LogP contribution in [0.2, 0.25) is 0 Å². The van der Waals surface area contributed by atoms with Gasteiger partial charge >= 0.3 is 5.97 Å². The van der Waals surface area contributed by atoms with E-state index in [2.05, 4.69) is 0 Å². The molecule has 240 valence electrons. The molecule has 4 atom stereocenters. The molecule has 2 amide bonds. The monoisotopic (exact) mass is 643 g/mol. The number of fused-ring (bicyclic) bond motifs is 5. The maximum absolute atomic E-state index is 16.0. The van der Waals surface area contributed by atoms with E-state index >= 15 is 14.4 Å². The second kappa shape index (κ2) is 11.1. The van der Waals surface area contributed by atoms with Gasteiger partial charge in [0.05, 0.1) is 41.0 Å². The smallest absolute Gasteiger partial charge is 0.337 e. The van der Waals surface area contributed by atoms with Gasteiger partial charge in [-0.05, 0) is 71.5 Å². The highest BCUT2D eigenvalue weighted by Crippen LogP contribution is 2.74. The topological polar surface area (TPSA) is 80.8 Å². The molecule has 0 spiro atoms. The largest absolute Gasteiger partial charge is 0.465 e. The molecule has 2 fully saturated rings. The zero-order chi connectivity index (χ0) is 34.1. The molecule has 2 bridgehead atoms. The van der Waals surface area contributed by atoms with Crippen molar-refractivity contribution in [3.05, 3.63) is 172 Å². The molecule has 1 heterocycles. The second-order valence-electron chi connectivity index (χ2n) is 13.2. The van der Waals surface area contributed by atoms with E-state index in [1.807, 2.05) is 123 Å². The van der Waals surface area contributed by atoms with E-state index in [-0.39, 0.29) is 5.78 Å². The minimum Gasteiger partial charge on any atom is -0.465 e. The van der Waals surface area contributed by atoms with Crippen LogP contribution in [0.1, 0.15) is 43.7 Å². The summed E-state index contributed by atoms with van der Waals surface area (Å²) in [6, 6.07) is 41.4. The van der Waals surface area contributed by atoms with Crippen molar-refractivity contribution in [3.63, 3.8) is 0 Å². The van der Waals surface area contributed by atoms with Gasteiger partial charge in [0.2, 0.25) is 11.8 Å². The number of Topliss-reactive ketones (excluding diaryl/α,β-unsaturated/α-hetero) is 1. The minimum absolute atomic E-state index is 0.166. The number of hydrogen-bond donors (Lipinski definition) is 0. The summed E-state index contributed by atoms with van der Waals surface area (Å²) in [6.45, 7) is 4.03. The van der Waals surface area contributed by atoms with Crippen LogP contribution in [0.25, 0.3) is 11.1 Å². The van der Waals surface area contributed by atoms with Gasteiger partial charge in [-0.15, -0.1) is 0 Å². The van der Waals surface area contributed by atoms with Crippen molar-refractivity contribution in [2.75, 3.05) is 12.0 Å². The highest BCUT2D eigenvalue weighted by Gasteiger charge is 2.82. The SMILES string of the molecule is COC(=O)c1ccc(N2C(=O)[C@H]3[C@H](C2=O)[C@@]2(c4ccccc4)C(=O)[C@@]3(c3ccccc3)C(c3ccc(C)cc3)=C2c2ccc(C)cc2)cc1. The Morgan fingerprint density at radius 3 is 1.37 bits per heavy atom. The molecular formula is C43H33NO5. The van der Waals surface area contributed by atoms with Gasteiger partial charge < -0.3 is 4.74 Å². The lowest BCUT2D eigenvalue weighted by Crippen LogP contribution is -2.45. The number of ether oxygens (including phenoxy) is 1. The first-order chi connectivity index (χ1) is 23.8. The molecule has 8 rings (SSSR count). The van der Waals surface area contributed by atoms with E-state index < -0.39 is 40.4 Å². The molecule has 5 aromatic rings. The van der Waals surface area contributed by atoms with Gasteiger partial charge in [0.1, 0.15) is 0 Å². The van der Waals surface area contributed by atoms with Crippen LogP contribution in [0, 0.1) is 25.7 Å². The lowest BCUT2D eigenvalue weighted by molar-refractivity contribution is -0.130. The first-order valence-electron chi connectivity index (χ1n) is 16.4. The van der Waals surface area contributed by atoms with Crippen LogP contribution in [0.3, 0.4) is 0 Å². The summed E-state index contributed by atoms with van der Waals surface area (Å²) < 4.78 is 4.87. The quantitative estimate of drug-likeness (QED) is 0.144. The number of esters is 1. The van der Waals surface area contributed by atoms with Gasteiger partial charge in [-0.3, -0.25) is 14.4 Å². The average Bonchev–Trinajstić information content (AvgIpc) is 3.65. The van der Waals surface area contributed by atoms with Gasteiger partial charge in [-0.2, -0.15) is 0 Å². The van der Waals surface area contributed by atoms with Crippen LogP contribution in [-0.2, 0) is 30.0 Å². The molecule has 2 aliphatic carbocycles. The number of allylic oxidation sites excluding steroid dienone is 2. The van der Waals surface area contributed by atoms with Gasteiger partial charge in [0, 0.05) is 0 Å². The molecule has 0 unspecified atom stereocenters. The molecule has 0 radical (unpaired) electrons. The van der Waals surface area contributed by atoms with Crippen LogP contribution in [-0.4, -0.2) is 30.7 Å². The van der Waals surface area contributed by atoms with E-state index in [0.29, 0.717) is 22.4 Å². The number of hydrogen-bond acceptors (Lipinski definition) is 5. The van der Waals surface area contributed by atoms with Crippen molar-refractivity contribution >= 4 is 40.4 Å². The molecule has 49 heavy (non-hydrogen) atoms. The summed E-state index contributed by atoms with van der Waals surface area (Å²) in [5, 5.41) is 0. The highest BCUT2D eigenvalue weighted by atomic mass is 16.5. The third-order valence-corrected chi connectivity index (χ3v) is 10.7. The van der Waals surface area contributed by atoms with E-state index in [9.17, 15) is 4.79 Å². The molecular weight excluding hydrogens is 610 g/mol. The lowest BCUT2D eigenvalue weighted by Gasteiger charge is -2.39. The first kappa shape index (κ1) is 30.5. The third-order valence-electron chi connectivity index (χ3n) is 10.7. The number of ketones is 1. The van der Waals surface area contributed by atoms with Crippen molar-refractivity contribution in [2.45, 2.75) is 24.7 Å². The van der Waals surface area contributed by atoms with Crippen LogP contribution in [0.4, 0.5) is 5.69 Å². The number of carbonyl (C=O) groups is 4. The predicted molar refractivity (Wildman–Crippen MR) is 188 cm³/mol. The van der Waals surface area contributed by atoms with Crippen LogP contribution >= 0.6 is 0 Å². The van der Waals surface area contributed by atoms with Gasteiger partial charge in [-0.1, -0.05) is 120 Å². The minimum atomic E-state index is -1.48. The van der Waals surface area contributed by atoms with Gasteiger partial charge in [-0.25, -0.2) is 9.69 Å². The Morgan fingerprint density at radius 2 is 0.980 bits per heavy atom. The number of anilines is 1. The Morgan fingerprint density at radius 1 is 0.571 bits per heavy atom. The Balaban J connectivity index is 1.50. The van der Waals surface area contributed by atoms with E-state index in [1.165, 1.54) is 12.0 Å². The van der Waals surface area contributed by atoms with Crippen molar-refractivity contribution in [1.82, 2.24) is 0 Å². The molecule has 3 aliphatic rings. The summed E-state index contributed by atoms with van der Waals surface area (Å²) in [5.74, 6) is -3.62. The maximum atomic E-state index is 16.0. The summed E-state index contributed by atoms with van der Waals surface area (Å²) in [6.07, 6.45) is 0. The fraction of sp³-hybridized carbons (Fsp3) is 0.163. The number of nitrogens with zero attached hydrogens (tertiary/aromatic N) is 1. The lowest BCUT2D eigenvalue weighted by atomic mass is 9.59. The van der Waals surface area contributed by atoms with Gasteiger partial charge in [0.25, 0.3) is 0 Å². The summed E-state index contributed by atoms with van der Waals surface area (Å²) in [7, 11) is 1.30. The number of benzene rings is 5. The van der Waals surface area contributed by atoms with Crippen molar-refractivity contribution in [1.29, 1.82) is 0 Å². The Kier molecular flexibility index (Phi) is 6.90. The molecule has 1 saturated heterocycles. The Labute approximate surface area is 284 Å². The van der Waals surface area contributed by atoms with Crippen LogP contribution < -0.4 is 4.90 Å². The molecule has 6 nitrogen and oxygen atoms in total. The zero-order valence-electron chi connectivity index (χ0n) is 27.3. The number of aryl methyl sites for hydroxylation is 2. The molecule has 0 aromatic heterocycles. The number of carbonyl (C=O) groups excluding carboxylic acids is 4. The van der Waals surface area contributed by atoms with Crippen molar-refractivity contribution in [2.24, 2.45) is 11.8 Å². The van der Waals surface area contributed by atoms with Crippen molar-refractivity contribution < 1.29 is 23.9 Å². The van der Waals surface area contributed by atoms with E-state index in [1.54, 1.807) is 24.3 Å². The first-order valence-corrected chi connectivity index (χ1v) is 16.4. The molecule has 5 aromatic carbocycles. The standard InChI is InChI=1S/C43H33NO5/c1-26-14-18-28(19-15-26)34-35(29-20-16-27(2)17-21-29)43(32-12-8-5-9-13-32)37-36(42(34,41(43)48)31-10-6-4-7-11-31)38(45)44(39(37)46)33-24-22-30(23-25-33)40(47)49-3/h4-25,36-37H,1-3H3/t36-,37-,42+,43+/m1/s1. The fourth-order valence-corrected chi connectivity index (χ4v) is 8.68. The normalized spacial score (nSPS) is 24.1. The number of amides is 2. The Hall–Kier alpha value is -5.88. The molecule has 0 N–H and O–H groups in total. The summed E-state index contributed by atoms with van der Waals surface area (Å²) >= 11 is 0. The van der Waals surface area contributed by atoms with Gasteiger partial charge in [0.15, 0.2) is 5.78 Å². The summed E-state index contributed by atoms with van der Waals surface area (Å²) in [4.78, 5) is 59.7. The van der Waals surface area contributed by atoms with Crippen LogP contribution in [0.15, 0.2) is 133 Å². The van der Waals surface area contributed by atoms with Crippen molar-refractivity contribution in [3.8, 4) is 0 Å². The predicted octanol–water partition coefficient (Wildman–Crippen LogP) is 7.28. The molecule has 1 aliphatic heterocycles. The number of rotatable bonds is 6. The number of methoxy groups -OCH3 is 1. The van der Waals surface area contributed by atoms with E-state index in [4.69, 9.17) is 4.74 Å². The van der Waals surface area contributed by atoms with Crippen LogP contribution in [0.5, 0.6) is 0 Å². The highest BCUT2D eigenvalue weighted by molar-refractivity contribution is 6.39. The molecule has 1 saturated carbocycles. The van der Waals surface area contributed by atoms with E-state index in [0.717, 1.165) is 33.4 Å². The number of imide groups is 1. The second-order valence-corrected chi connectivity index (χ2v) is 13.2. The Bertz CT molecular complexity index is 2060.